The molecule has 2 aliphatic rings. The lowest BCUT2D eigenvalue weighted by Crippen LogP contribution is -2.49. The number of hydrogen-bond acceptors (Lipinski definition) is 2. The number of nitrogens with zero attached hydrogens (tertiary/aromatic N) is 3. The van der Waals surface area contributed by atoms with Crippen molar-refractivity contribution in [2.75, 3.05) is 29.4 Å². The van der Waals surface area contributed by atoms with Crippen molar-refractivity contribution in [1.29, 1.82) is 0 Å². The van der Waals surface area contributed by atoms with Crippen LogP contribution >= 0.6 is 0 Å². The molecule has 0 bridgehead atoms. The van der Waals surface area contributed by atoms with Crippen LogP contribution in [0.5, 0.6) is 0 Å². The summed E-state index contributed by atoms with van der Waals surface area (Å²) in [5.41, 5.74) is 4.00. The molecular formula is C26H24FN3O2. The van der Waals surface area contributed by atoms with Gasteiger partial charge in [-0.1, -0.05) is 36.4 Å². The van der Waals surface area contributed by atoms with Crippen LogP contribution in [0.15, 0.2) is 72.8 Å². The standard InChI is InChI=1S/C26H24FN3O2/c27-23-8-3-1-7-21(23)18-28-15-5-16-29(26(28)32)22-12-10-20(11-13-22)25(31)30-17-14-19-6-2-4-9-24(19)30/h1-4,6-13H,5,14-18H2. The Kier molecular flexibility index (Phi) is 5.35. The van der Waals surface area contributed by atoms with Crippen molar-refractivity contribution in [1.82, 2.24) is 4.90 Å². The lowest BCUT2D eigenvalue weighted by molar-refractivity contribution is 0.0989. The molecule has 5 nitrogen and oxygen atoms in total. The normalized spacial score (nSPS) is 15.8. The summed E-state index contributed by atoms with van der Waals surface area (Å²) in [6, 6.07) is 21.6. The second-order valence-electron chi connectivity index (χ2n) is 8.18. The molecule has 3 aromatic carbocycles. The summed E-state index contributed by atoms with van der Waals surface area (Å²) in [5.74, 6) is -0.337. The summed E-state index contributed by atoms with van der Waals surface area (Å²) >= 11 is 0. The number of urea groups is 1. The average molecular weight is 429 g/mol. The van der Waals surface area contributed by atoms with Crippen LogP contribution in [0.1, 0.15) is 27.9 Å². The maximum absolute atomic E-state index is 14.0. The lowest BCUT2D eigenvalue weighted by Gasteiger charge is -2.35. The molecule has 0 saturated carbocycles. The molecule has 2 aliphatic heterocycles. The molecule has 1 saturated heterocycles. The first-order chi connectivity index (χ1) is 15.6. The molecule has 1 fully saturated rings. The Bertz CT molecular complexity index is 1160. The Hall–Kier alpha value is -3.67. The van der Waals surface area contributed by atoms with Gasteiger partial charge in [0.05, 0.1) is 6.54 Å². The molecule has 32 heavy (non-hydrogen) atoms. The molecule has 0 unspecified atom stereocenters. The maximum atomic E-state index is 14.0. The van der Waals surface area contributed by atoms with Gasteiger partial charge in [-0.25, -0.2) is 9.18 Å². The van der Waals surface area contributed by atoms with Crippen LogP contribution < -0.4 is 9.80 Å². The lowest BCUT2D eigenvalue weighted by atomic mass is 10.1. The molecule has 0 N–H and O–H groups in total. The topological polar surface area (TPSA) is 43.9 Å². The zero-order valence-corrected chi connectivity index (χ0v) is 17.7. The molecule has 162 valence electrons. The highest BCUT2D eigenvalue weighted by molar-refractivity contribution is 6.07. The summed E-state index contributed by atoms with van der Waals surface area (Å²) in [6.45, 7) is 2.11. The Labute approximate surface area is 186 Å². The van der Waals surface area contributed by atoms with Gasteiger partial charge >= 0.3 is 6.03 Å². The molecule has 2 heterocycles. The second kappa shape index (κ2) is 8.46. The minimum Gasteiger partial charge on any atom is -0.320 e. The van der Waals surface area contributed by atoms with Crippen molar-refractivity contribution >= 4 is 23.3 Å². The van der Waals surface area contributed by atoms with Crippen LogP contribution in [0.25, 0.3) is 0 Å². The van der Waals surface area contributed by atoms with Gasteiger partial charge in [0.15, 0.2) is 0 Å². The fourth-order valence-corrected chi connectivity index (χ4v) is 4.49. The molecule has 6 heteroatoms. The fraction of sp³-hybridized carbons (Fsp3) is 0.231. The minimum absolute atomic E-state index is 0.0346. The van der Waals surface area contributed by atoms with Gasteiger partial charge in [-0.05, 0) is 54.8 Å². The van der Waals surface area contributed by atoms with E-state index in [2.05, 4.69) is 6.07 Å². The van der Waals surface area contributed by atoms with Crippen molar-refractivity contribution in [3.63, 3.8) is 0 Å². The van der Waals surface area contributed by atoms with Crippen molar-refractivity contribution in [2.45, 2.75) is 19.4 Å². The molecule has 0 aliphatic carbocycles. The van der Waals surface area contributed by atoms with E-state index in [1.165, 1.54) is 11.6 Å². The van der Waals surface area contributed by atoms with Gasteiger partial charge in [0, 0.05) is 42.1 Å². The maximum Gasteiger partial charge on any atom is 0.324 e. The Morgan fingerprint density at radius 2 is 1.62 bits per heavy atom. The number of anilines is 2. The quantitative estimate of drug-likeness (QED) is 0.595. The summed E-state index contributed by atoms with van der Waals surface area (Å²) in [4.78, 5) is 31.3. The highest BCUT2D eigenvalue weighted by Crippen LogP contribution is 2.29. The first kappa shape index (κ1) is 20.2. The number of para-hydroxylation sites is 1. The number of benzene rings is 3. The van der Waals surface area contributed by atoms with Crippen LogP contribution in [0, 0.1) is 5.82 Å². The van der Waals surface area contributed by atoms with E-state index in [9.17, 15) is 14.0 Å². The monoisotopic (exact) mass is 429 g/mol. The number of halogens is 1. The predicted molar refractivity (Wildman–Crippen MR) is 122 cm³/mol. The van der Waals surface area contributed by atoms with E-state index in [0.717, 1.165) is 24.2 Å². The van der Waals surface area contributed by atoms with E-state index in [1.807, 2.05) is 35.2 Å². The van der Waals surface area contributed by atoms with E-state index in [4.69, 9.17) is 0 Å². The van der Waals surface area contributed by atoms with Gasteiger partial charge in [-0.15, -0.1) is 0 Å². The predicted octanol–water partition coefficient (Wildman–Crippen LogP) is 4.86. The third kappa shape index (κ3) is 3.73. The number of amides is 3. The van der Waals surface area contributed by atoms with E-state index < -0.39 is 0 Å². The Morgan fingerprint density at radius 1 is 0.875 bits per heavy atom. The van der Waals surface area contributed by atoms with Crippen LogP contribution in [0.3, 0.4) is 0 Å². The molecule has 5 rings (SSSR count). The van der Waals surface area contributed by atoms with Crippen LogP contribution in [0.2, 0.25) is 0 Å². The average Bonchev–Trinajstić information content (AvgIpc) is 3.26. The smallest absolute Gasteiger partial charge is 0.320 e. The van der Waals surface area contributed by atoms with Crippen LogP contribution in [-0.2, 0) is 13.0 Å². The number of fused-ring (bicyclic) bond motifs is 1. The highest BCUT2D eigenvalue weighted by Gasteiger charge is 2.28. The fourth-order valence-electron chi connectivity index (χ4n) is 4.49. The first-order valence-corrected chi connectivity index (χ1v) is 10.9. The highest BCUT2D eigenvalue weighted by atomic mass is 19.1. The van der Waals surface area contributed by atoms with E-state index >= 15 is 0 Å². The Morgan fingerprint density at radius 3 is 2.44 bits per heavy atom. The number of hydrogen-bond donors (Lipinski definition) is 0. The molecular weight excluding hydrogens is 405 g/mol. The summed E-state index contributed by atoms with van der Waals surface area (Å²) in [5, 5.41) is 0. The van der Waals surface area contributed by atoms with Gasteiger partial charge in [-0.3, -0.25) is 9.69 Å². The van der Waals surface area contributed by atoms with E-state index in [-0.39, 0.29) is 24.3 Å². The van der Waals surface area contributed by atoms with Crippen LogP contribution in [-0.4, -0.2) is 36.5 Å². The SMILES string of the molecule is O=C1N(Cc2ccccc2F)CCCN1c1ccc(C(=O)N2CCc3ccccc32)cc1. The molecule has 0 aromatic heterocycles. The third-order valence-electron chi connectivity index (χ3n) is 6.19. The van der Waals surface area contributed by atoms with Crippen molar-refractivity contribution < 1.29 is 14.0 Å². The third-order valence-corrected chi connectivity index (χ3v) is 6.19. The zero-order valence-electron chi connectivity index (χ0n) is 17.7. The minimum atomic E-state index is -0.302. The summed E-state index contributed by atoms with van der Waals surface area (Å²) < 4.78 is 14.0. The van der Waals surface area contributed by atoms with E-state index in [0.29, 0.717) is 30.8 Å². The molecule has 0 radical (unpaired) electrons. The van der Waals surface area contributed by atoms with E-state index in [1.54, 1.807) is 40.1 Å². The van der Waals surface area contributed by atoms with Crippen LogP contribution in [0.4, 0.5) is 20.6 Å². The van der Waals surface area contributed by atoms with Crippen molar-refractivity contribution in [3.05, 3.63) is 95.3 Å². The number of rotatable bonds is 4. The van der Waals surface area contributed by atoms with Gasteiger partial charge in [0.25, 0.3) is 5.91 Å². The second-order valence-corrected chi connectivity index (χ2v) is 8.18. The first-order valence-electron chi connectivity index (χ1n) is 10.9. The molecule has 3 amide bonds. The number of carbonyl (C=O) groups is 2. The van der Waals surface area contributed by atoms with Gasteiger partial charge in [0.1, 0.15) is 5.82 Å². The van der Waals surface area contributed by atoms with Crippen molar-refractivity contribution in [2.24, 2.45) is 0 Å². The van der Waals surface area contributed by atoms with Gasteiger partial charge in [0.2, 0.25) is 0 Å². The molecule has 0 atom stereocenters. The van der Waals surface area contributed by atoms with Gasteiger partial charge in [-0.2, -0.15) is 0 Å². The molecule has 3 aromatic rings. The molecule has 0 spiro atoms. The number of carbonyl (C=O) groups excluding carboxylic acids is 2. The summed E-state index contributed by atoms with van der Waals surface area (Å²) in [6.07, 6.45) is 1.66. The van der Waals surface area contributed by atoms with Gasteiger partial charge < -0.3 is 9.80 Å². The largest absolute Gasteiger partial charge is 0.324 e. The summed E-state index contributed by atoms with van der Waals surface area (Å²) in [7, 11) is 0. The van der Waals surface area contributed by atoms with Crippen molar-refractivity contribution in [3.8, 4) is 0 Å². The Balaban J connectivity index is 1.31. The zero-order chi connectivity index (χ0) is 22.1.